The summed E-state index contributed by atoms with van der Waals surface area (Å²) >= 11 is 0. The van der Waals surface area contributed by atoms with Crippen LogP contribution in [-0.2, 0) is 4.74 Å². The van der Waals surface area contributed by atoms with Gasteiger partial charge < -0.3 is 14.8 Å². The second kappa shape index (κ2) is 5.93. The molecule has 1 aromatic carbocycles. The third-order valence-electron chi connectivity index (χ3n) is 4.34. The van der Waals surface area contributed by atoms with Gasteiger partial charge in [0.1, 0.15) is 5.75 Å². The molecule has 3 nitrogen and oxygen atoms in total. The van der Waals surface area contributed by atoms with Crippen LogP contribution >= 0.6 is 0 Å². The molecule has 3 unspecified atom stereocenters. The summed E-state index contributed by atoms with van der Waals surface area (Å²) in [6, 6.07) is 8.38. The maximum Gasteiger partial charge on any atom is 0.122 e. The van der Waals surface area contributed by atoms with Crippen molar-refractivity contribution in [1.29, 1.82) is 0 Å². The van der Waals surface area contributed by atoms with E-state index in [9.17, 15) is 0 Å². The van der Waals surface area contributed by atoms with Crippen molar-refractivity contribution < 1.29 is 9.47 Å². The molecule has 2 aliphatic heterocycles. The summed E-state index contributed by atoms with van der Waals surface area (Å²) in [5.41, 5.74) is 1.35. The van der Waals surface area contributed by atoms with Gasteiger partial charge >= 0.3 is 0 Å². The molecule has 19 heavy (non-hydrogen) atoms. The fraction of sp³-hybridized carbons (Fsp3) is 0.625. The van der Waals surface area contributed by atoms with Gasteiger partial charge in [0.05, 0.1) is 12.7 Å². The Balaban J connectivity index is 1.49. The smallest absolute Gasteiger partial charge is 0.122 e. The summed E-state index contributed by atoms with van der Waals surface area (Å²) in [5.74, 6) is 2.24. The molecule has 0 bridgehead atoms. The van der Waals surface area contributed by atoms with E-state index in [0.29, 0.717) is 17.9 Å². The molecular weight excluding hydrogens is 238 g/mol. The first-order chi connectivity index (χ1) is 9.38. The molecule has 2 aliphatic rings. The third-order valence-corrected chi connectivity index (χ3v) is 4.34. The standard InChI is InChI=1S/C16H23NO2/c1-2-15-12(7-8-18-15)9-17-10-13-11-19-16-6-4-3-5-14(13)16/h3-6,12-13,15,17H,2,7-11H2,1H3. The van der Waals surface area contributed by atoms with Gasteiger partial charge in [0.2, 0.25) is 0 Å². The Morgan fingerprint density at radius 3 is 3.05 bits per heavy atom. The molecule has 3 atom stereocenters. The molecule has 2 heterocycles. The average molecular weight is 261 g/mol. The van der Waals surface area contributed by atoms with Crippen molar-refractivity contribution in [2.24, 2.45) is 5.92 Å². The van der Waals surface area contributed by atoms with Crippen molar-refractivity contribution in [3.8, 4) is 5.75 Å². The number of nitrogens with one attached hydrogen (secondary N) is 1. The number of ether oxygens (including phenoxy) is 2. The van der Waals surface area contributed by atoms with E-state index in [1.54, 1.807) is 0 Å². The van der Waals surface area contributed by atoms with Gasteiger partial charge in [-0.1, -0.05) is 25.1 Å². The summed E-state index contributed by atoms with van der Waals surface area (Å²) in [4.78, 5) is 0. The summed E-state index contributed by atoms with van der Waals surface area (Å²) in [5, 5.41) is 3.61. The molecule has 3 rings (SSSR count). The van der Waals surface area contributed by atoms with Gasteiger partial charge in [-0.15, -0.1) is 0 Å². The van der Waals surface area contributed by atoms with E-state index >= 15 is 0 Å². The summed E-state index contributed by atoms with van der Waals surface area (Å²) in [7, 11) is 0. The van der Waals surface area contributed by atoms with Crippen LogP contribution in [0.1, 0.15) is 31.2 Å². The molecule has 1 fully saturated rings. The van der Waals surface area contributed by atoms with E-state index in [2.05, 4.69) is 30.4 Å². The summed E-state index contributed by atoms with van der Waals surface area (Å²) in [6.07, 6.45) is 2.78. The van der Waals surface area contributed by atoms with Crippen LogP contribution in [0.25, 0.3) is 0 Å². The lowest BCUT2D eigenvalue weighted by molar-refractivity contribution is 0.0872. The Labute approximate surface area is 115 Å². The third kappa shape index (κ3) is 2.77. The Morgan fingerprint density at radius 1 is 1.26 bits per heavy atom. The zero-order valence-electron chi connectivity index (χ0n) is 11.6. The minimum absolute atomic E-state index is 0.458. The topological polar surface area (TPSA) is 30.5 Å². The molecule has 0 radical (unpaired) electrons. The first-order valence-electron chi connectivity index (χ1n) is 7.42. The number of rotatable bonds is 5. The van der Waals surface area contributed by atoms with Crippen LogP contribution < -0.4 is 10.1 Å². The predicted molar refractivity (Wildman–Crippen MR) is 75.7 cm³/mol. The molecule has 1 saturated heterocycles. The SMILES string of the molecule is CCC1OCCC1CNCC1COc2ccccc21. The van der Waals surface area contributed by atoms with E-state index in [1.807, 2.05) is 6.07 Å². The van der Waals surface area contributed by atoms with E-state index < -0.39 is 0 Å². The molecule has 1 N–H and O–H groups in total. The number of hydrogen-bond donors (Lipinski definition) is 1. The second-order valence-corrected chi connectivity index (χ2v) is 5.57. The fourth-order valence-electron chi connectivity index (χ4n) is 3.22. The van der Waals surface area contributed by atoms with Gasteiger partial charge in [-0.05, 0) is 24.8 Å². The molecule has 0 amide bonds. The Kier molecular flexibility index (Phi) is 4.04. The van der Waals surface area contributed by atoms with Gasteiger partial charge in [-0.25, -0.2) is 0 Å². The molecule has 0 aliphatic carbocycles. The number of benzene rings is 1. The molecule has 104 valence electrons. The predicted octanol–water partition coefficient (Wildman–Crippen LogP) is 2.57. The highest BCUT2D eigenvalue weighted by molar-refractivity contribution is 5.39. The zero-order chi connectivity index (χ0) is 13.1. The minimum Gasteiger partial charge on any atom is -0.493 e. The zero-order valence-corrected chi connectivity index (χ0v) is 11.6. The average Bonchev–Trinajstić information content (AvgIpc) is 3.06. The Hall–Kier alpha value is -1.06. The van der Waals surface area contributed by atoms with Gasteiger partial charge in [-0.2, -0.15) is 0 Å². The van der Waals surface area contributed by atoms with Gasteiger partial charge in [0.15, 0.2) is 0 Å². The first-order valence-corrected chi connectivity index (χ1v) is 7.42. The molecule has 0 saturated carbocycles. The second-order valence-electron chi connectivity index (χ2n) is 5.57. The minimum atomic E-state index is 0.458. The maximum absolute atomic E-state index is 5.73. The van der Waals surface area contributed by atoms with Gasteiger partial charge in [-0.3, -0.25) is 0 Å². The largest absolute Gasteiger partial charge is 0.493 e. The molecule has 0 spiro atoms. The van der Waals surface area contributed by atoms with Gasteiger partial charge in [0.25, 0.3) is 0 Å². The van der Waals surface area contributed by atoms with Crippen molar-refractivity contribution in [3.05, 3.63) is 29.8 Å². The Bertz CT molecular complexity index is 421. The van der Waals surface area contributed by atoms with Crippen LogP contribution in [0.15, 0.2) is 24.3 Å². The highest BCUT2D eigenvalue weighted by Gasteiger charge is 2.27. The quantitative estimate of drug-likeness (QED) is 0.883. The lowest BCUT2D eigenvalue weighted by atomic mass is 9.98. The van der Waals surface area contributed by atoms with Crippen molar-refractivity contribution in [1.82, 2.24) is 5.32 Å². The maximum atomic E-state index is 5.73. The Morgan fingerprint density at radius 2 is 2.16 bits per heavy atom. The van der Waals surface area contributed by atoms with E-state index in [1.165, 1.54) is 12.0 Å². The van der Waals surface area contributed by atoms with Crippen LogP contribution in [-0.4, -0.2) is 32.4 Å². The van der Waals surface area contributed by atoms with Crippen molar-refractivity contribution >= 4 is 0 Å². The van der Waals surface area contributed by atoms with E-state index in [-0.39, 0.29) is 0 Å². The fourth-order valence-corrected chi connectivity index (χ4v) is 3.22. The van der Waals surface area contributed by atoms with Gasteiger partial charge in [0, 0.05) is 31.2 Å². The molecule has 3 heteroatoms. The number of para-hydroxylation sites is 1. The van der Waals surface area contributed by atoms with Crippen LogP contribution in [0.4, 0.5) is 0 Å². The van der Waals surface area contributed by atoms with E-state index in [0.717, 1.165) is 38.5 Å². The monoisotopic (exact) mass is 261 g/mol. The van der Waals surface area contributed by atoms with Crippen molar-refractivity contribution in [3.63, 3.8) is 0 Å². The summed E-state index contributed by atoms with van der Waals surface area (Å²) in [6.45, 7) is 6.02. The first kappa shape index (κ1) is 12.9. The van der Waals surface area contributed by atoms with Crippen LogP contribution in [0.3, 0.4) is 0 Å². The van der Waals surface area contributed by atoms with Crippen molar-refractivity contribution in [2.75, 3.05) is 26.3 Å². The molecule has 0 aromatic heterocycles. The van der Waals surface area contributed by atoms with Crippen LogP contribution in [0, 0.1) is 5.92 Å². The lowest BCUT2D eigenvalue weighted by Gasteiger charge is -2.18. The van der Waals surface area contributed by atoms with E-state index in [4.69, 9.17) is 9.47 Å². The normalized spacial score (nSPS) is 29.2. The number of fused-ring (bicyclic) bond motifs is 1. The lowest BCUT2D eigenvalue weighted by Crippen LogP contribution is -2.31. The van der Waals surface area contributed by atoms with Crippen molar-refractivity contribution in [2.45, 2.75) is 31.8 Å². The highest BCUT2D eigenvalue weighted by atomic mass is 16.5. The molecular formula is C16H23NO2. The van der Waals surface area contributed by atoms with Crippen LogP contribution in [0.5, 0.6) is 5.75 Å². The highest BCUT2D eigenvalue weighted by Crippen LogP contribution is 2.33. The number of hydrogen-bond acceptors (Lipinski definition) is 3. The summed E-state index contributed by atoms with van der Waals surface area (Å²) < 4.78 is 11.4. The van der Waals surface area contributed by atoms with Crippen LogP contribution in [0.2, 0.25) is 0 Å². The molecule has 1 aromatic rings.